The van der Waals surface area contributed by atoms with Crippen LogP contribution >= 0.6 is 0 Å². The van der Waals surface area contributed by atoms with E-state index in [1.807, 2.05) is 27.8 Å². The quantitative estimate of drug-likeness (QED) is 0.850. The zero-order chi connectivity index (χ0) is 13.2. The van der Waals surface area contributed by atoms with E-state index in [9.17, 15) is 8.78 Å². The summed E-state index contributed by atoms with van der Waals surface area (Å²) in [7, 11) is 1.85. The van der Waals surface area contributed by atoms with Crippen LogP contribution in [0.2, 0.25) is 0 Å². The van der Waals surface area contributed by atoms with Crippen LogP contribution in [-0.2, 0) is 5.41 Å². The summed E-state index contributed by atoms with van der Waals surface area (Å²) in [4.78, 5) is 0. The van der Waals surface area contributed by atoms with Gasteiger partial charge in [0.1, 0.15) is 11.6 Å². The molecular formula is C14H21F2N. The van der Waals surface area contributed by atoms with E-state index in [1.165, 1.54) is 12.1 Å². The Morgan fingerprint density at radius 2 is 1.88 bits per heavy atom. The summed E-state index contributed by atoms with van der Waals surface area (Å²) in [5.41, 5.74) is 0.161. The number of nitrogens with one attached hydrogen (secondary N) is 1. The van der Waals surface area contributed by atoms with Gasteiger partial charge < -0.3 is 5.32 Å². The Labute approximate surface area is 102 Å². The molecule has 0 heterocycles. The molecular weight excluding hydrogens is 220 g/mol. The van der Waals surface area contributed by atoms with Crippen molar-refractivity contribution in [3.05, 3.63) is 34.9 Å². The molecule has 0 fully saturated rings. The number of hydrogen-bond donors (Lipinski definition) is 1. The van der Waals surface area contributed by atoms with Gasteiger partial charge in [-0.2, -0.15) is 0 Å². The Morgan fingerprint density at radius 3 is 2.41 bits per heavy atom. The lowest BCUT2D eigenvalue weighted by molar-refractivity contribution is 0.373. The van der Waals surface area contributed by atoms with E-state index in [2.05, 4.69) is 5.32 Å². The van der Waals surface area contributed by atoms with E-state index in [0.717, 1.165) is 0 Å². The maximum Gasteiger partial charge on any atom is 0.132 e. The van der Waals surface area contributed by atoms with E-state index in [-0.39, 0.29) is 11.6 Å². The second kappa shape index (κ2) is 5.13. The highest BCUT2D eigenvalue weighted by Crippen LogP contribution is 2.33. The summed E-state index contributed by atoms with van der Waals surface area (Å²) in [5.74, 6) is -0.875. The monoisotopic (exact) mass is 241 g/mol. The van der Waals surface area contributed by atoms with Gasteiger partial charge >= 0.3 is 0 Å². The Morgan fingerprint density at radius 1 is 1.29 bits per heavy atom. The molecule has 1 unspecified atom stereocenters. The lowest BCUT2D eigenvalue weighted by Crippen LogP contribution is -2.32. The molecule has 0 aliphatic rings. The summed E-state index contributed by atoms with van der Waals surface area (Å²) in [6, 6.07) is 3.04. The molecule has 0 amide bonds. The van der Waals surface area contributed by atoms with Gasteiger partial charge in [-0.25, -0.2) is 8.78 Å². The van der Waals surface area contributed by atoms with Crippen molar-refractivity contribution in [1.82, 2.24) is 5.32 Å². The van der Waals surface area contributed by atoms with Gasteiger partial charge in [0, 0.05) is 11.6 Å². The molecule has 1 nitrogen and oxygen atoms in total. The van der Waals surface area contributed by atoms with Crippen molar-refractivity contribution in [2.24, 2.45) is 0 Å². The third-order valence-electron chi connectivity index (χ3n) is 3.27. The fraction of sp³-hybridized carbons (Fsp3) is 0.571. The molecule has 96 valence electrons. The van der Waals surface area contributed by atoms with Gasteiger partial charge in [0.2, 0.25) is 0 Å². The minimum Gasteiger partial charge on any atom is -0.317 e. The first-order chi connectivity index (χ1) is 7.79. The van der Waals surface area contributed by atoms with Crippen molar-refractivity contribution in [3.8, 4) is 0 Å². The number of benzene rings is 1. The standard InChI is InChI=1S/C14H21F2N/c1-9-6-7-11(15)12(13(9)16)14(3,4)8-10(2)17-5/h6-7,10,17H,8H2,1-5H3. The number of aryl methyl sites for hydroxylation is 1. The van der Waals surface area contributed by atoms with Crippen molar-refractivity contribution >= 4 is 0 Å². The lowest BCUT2D eigenvalue weighted by atomic mass is 9.78. The van der Waals surface area contributed by atoms with Crippen molar-refractivity contribution in [2.45, 2.75) is 45.6 Å². The van der Waals surface area contributed by atoms with E-state index >= 15 is 0 Å². The van der Waals surface area contributed by atoms with Gasteiger partial charge in [0.05, 0.1) is 0 Å². The fourth-order valence-electron chi connectivity index (χ4n) is 2.25. The zero-order valence-corrected chi connectivity index (χ0v) is 11.2. The van der Waals surface area contributed by atoms with Crippen molar-refractivity contribution in [2.75, 3.05) is 7.05 Å². The molecule has 0 saturated heterocycles. The molecule has 0 bridgehead atoms. The smallest absolute Gasteiger partial charge is 0.132 e. The first-order valence-corrected chi connectivity index (χ1v) is 5.92. The summed E-state index contributed by atoms with van der Waals surface area (Å²) in [5, 5.41) is 3.10. The molecule has 1 N–H and O–H groups in total. The molecule has 17 heavy (non-hydrogen) atoms. The molecule has 0 aromatic heterocycles. The molecule has 1 aromatic rings. The van der Waals surface area contributed by atoms with Gasteiger partial charge in [-0.1, -0.05) is 19.9 Å². The molecule has 1 rings (SSSR count). The highest BCUT2D eigenvalue weighted by atomic mass is 19.1. The Balaban J connectivity index is 3.18. The van der Waals surface area contributed by atoms with Crippen LogP contribution in [-0.4, -0.2) is 13.1 Å². The normalized spacial score (nSPS) is 13.8. The molecule has 0 aliphatic heterocycles. The Bertz CT molecular complexity index is 399. The van der Waals surface area contributed by atoms with Crippen LogP contribution in [0, 0.1) is 18.6 Å². The predicted octanol–water partition coefficient (Wildman–Crippen LogP) is 3.55. The van der Waals surface area contributed by atoms with E-state index in [1.54, 1.807) is 6.92 Å². The van der Waals surface area contributed by atoms with Gasteiger partial charge in [-0.15, -0.1) is 0 Å². The molecule has 0 radical (unpaired) electrons. The van der Waals surface area contributed by atoms with Crippen molar-refractivity contribution < 1.29 is 8.78 Å². The van der Waals surface area contributed by atoms with Crippen molar-refractivity contribution in [3.63, 3.8) is 0 Å². The van der Waals surface area contributed by atoms with E-state index in [4.69, 9.17) is 0 Å². The van der Waals surface area contributed by atoms with Crippen LogP contribution < -0.4 is 5.32 Å². The second-order valence-electron chi connectivity index (χ2n) is 5.33. The number of rotatable bonds is 4. The van der Waals surface area contributed by atoms with Gasteiger partial charge in [0.15, 0.2) is 0 Å². The second-order valence-corrected chi connectivity index (χ2v) is 5.33. The maximum absolute atomic E-state index is 14.1. The SMILES string of the molecule is CNC(C)CC(C)(C)c1c(F)ccc(C)c1F. The van der Waals surface area contributed by atoms with Crippen LogP contribution in [0.3, 0.4) is 0 Å². The third-order valence-corrected chi connectivity index (χ3v) is 3.27. The number of hydrogen-bond acceptors (Lipinski definition) is 1. The number of halogens is 2. The molecule has 0 aliphatic carbocycles. The Kier molecular flexibility index (Phi) is 4.26. The molecule has 1 aromatic carbocycles. The zero-order valence-electron chi connectivity index (χ0n) is 11.2. The van der Waals surface area contributed by atoms with Crippen LogP contribution in [0.15, 0.2) is 12.1 Å². The third kappa shape index (κ3) is 3.03. The maximum atomic E-state index is 14.1. The highest BCUT2D eigenvalue weighted by molar-refractivity contribution is 5.32. The van der Waals surface area contributed by atoms with Crippen LogP contribution in [0.1, 0.15) is 38.3 Å². The van der Waals surface area contributed by atoms with Gasteiger partial charge in [0.25, 0.3) is 0 Å². The molecule has 0 spiro atoms. The molecule has 0 saturated carbocycles. The first kappa shape index (κ1) is 14.1. The minimum atomic E-state index is -0.525. The lowest BCUT2D eigenvalue weighted by Gasteiger charge is -2.29. The summed E-state index contributed by atoms with van der Waals surface area (Å²) >= 11 is 0. The van der Waals surface area contributed by atoms with Crippen LogP contribution in [0.5, 0.6) is 0 Å². The average Bonchev–Trinajstić information content (AvgIpc) is 2.23. The fourth-order valence-corrected chi connectivity index (χ4v) is 2.25. The van der Waals surface area contributed by atoms with E-state index in [0.29, 0.717) is 12.0 Å². The van der Waals surface area contributed by atoms with Crippen LogP contribution in [0.25, 0.3) is 0 Å². The summed E-state index contributed by atoms with van der Waals surface area (Å²) < 4.78 is 27.9. The summed E-state index contributed by atoms with van der Waals surface area (Å²) in [6.45, 7) is 7.42. The topological polar surface area (TPSA) is 12.0 Å². The largest absolute Gasteiger partial charge is 0.317 e. The Hall–Kier alpha value is -0.960. The molecule has 1 atom stereocenters. The van der Waals surface area contributed by atoms with Crippen LogP contribution in [0.4, 0.5) is 8.78 Å². The summed E-state index contributed by atoms with van der Waals surface area (Å²) in [6.07, 6.45) is 0.681. The first-order valence-electron chi connectivity index (χ1n) is 5.92. The van der Waals surface area contributed by atoms with Gasteiger partial charge in [-0.05, 0) is 44.4 Å². The predicted molar refractivity (Wildman–Crippen MR) is 67.3 cm³/mol. The van der Waals surface area contributed by atoms with Crippen molar-refractivity contribution in [1.29, 1.82) is 0 Å². The van der Waals surface area contributed by atoms with E-state index < -0.39 is 17.0 Å². The molecule has 3 heteroatoms. The highest BCUT2D eigenvalue weighted by Gasteiger charge is 2.29. The minimum absolute atomic E-state index is 0.194. The average molecular weight is 241 g/mol. The van der Waals surface area contributed by atoms with Gasteiger partial charge in [-0.3, -0.25) is 0 Å².